The highest BCUT2D eigenvalue weighted by Gasteiger charge is 2.03. The number of hydrogen-bond donors (Lipinski definition) is 2. The first-order valence-corrected chi connectivity index (χ1v) is 6.77. The van der Waals surface area contributed by atoms with Gasteiger partial charge in [-0.15, -0.1) is 0 Å². The van der Waals surface area contributed by atoms with Crippen molar-refractivity contribution in [2.75, 3.05) is 13.7 Å². The molecule has 1 aromatic rings. The van der Waals surface area contributed by atoms with Crippen LogP contribution in [0.5, 0.6) is 5.75 Å². The van der Waals surface area contributed by atoms with Crippen molar-refractivity contribution < 1.29 is 4.74 Å². The van der Waals surface area contributed by atoms with Gasteiger partial charge in [-0.25, -0.2) is 4.99 Å². The van der Waals surface area contributed by atoms with Crippen molar-refractivity contribution in [2.24, 2.45) is 16.6 Å². The topological polar surface area (TPSA) is 59.6 Å². The number of methoxy groups -OCH3 is 1. The van der Waals surface area contributed by atoms with Crippen molar-refractivity contribution in [2.45, 2.75) is 26.8 Å². The van der Waals surface area contributed by atoms with Crippen LogP contribution in [0.2, 0.25) is 5.02 Å². The Morgan fingerprint density at radius 2 is 2.21 bits per heavy atom. The summed E-state index contributed by atoms with van der Waals surface area (Å²) in [6.45, 7) is 5.66. The van der Waals surface area contributed by atoms with Gasteiger partial charge in [-0.05, 0) is 24.5 Å². The van der Waals surface area contributed by atoms with Crippen LogP contribution in [0, 0.1) is 5.92 Å². The first kappa shape index (κ1) is 15.6. The molecule has 0 heterocycles. The predicted octanol–water partition coefficient (Wildman–Crippen LogP) is 2.80. The van der Waals surface area contributed by atoms with E-state index in [0.29, 0.717) is 23.4 Å². The molecule has 0 aliphatic carbocycles. The first-order valence-electron chi connectivity index (χ1n) is 6.39. The number of hydrogen-bond acceptors (Lipinski definition) is 2. The van der Waals surface area contributed by atoms with E-state index in [-0.39, 0.29) is 0 Å². The molecule has 3 N–H and O–H groups in total. The molecular weight excluding hydrogens is 262 g/mol. The normalized spacial score (nSPS) is 11.7. The second-order valence-electron chi connectivity index (χ2n) is 4.77. The summed E-state index contributed by atoms with van der Waals surface area (Å²) in [6, 6.07) is 5.48. The van der Waals surface area contributed by atoms with Crippen LogP contribution in [0.1, 0.15) is 25.8 Å². The van der Waals surface area contributed by atoms with Gasteiger partial charge in [0.1, 0.15) is 5.75 Å². The number of ether oxygens (including phenoxy) is 1. The summed E-state index contributed by atoms with van der Waals surface area (Å²) in [5.74, 6) is 1.83. The fourth-order valence-corrected chi connectivity index (χ4v) is 1.73. The summed E-state index contributed by atoms with van der Waals surface area (Å²) in [5.41, 5.74) is 6.76. The molecule has 0 bridgehead atoms. The average molecular weight is 284 g/mol. The largest absolute Gasteiger partial charge is 0.496 e. The zero-order chi connectivity index (χ0) is 14.3. The summed E-state index contributed by atoms with van der Waals surface area (Å²) in [5, 5.41) is 3.74. The molecule has 0 aliphatic rings. The minimum Gasteiger partial charge on any atom is -0.496 e. The molecule has 0 aliphatic heterocycles. The van der Waals surface area contributed by atoms with Crippen molar-refractivity contribution in [1.29, 1.82) is 0 Å². The van der Waals surface area contributed by atoms with Gasteiger partial charge in [0.05, 0.1) is 13.7 Å². The number of rotatable bonds is 6. The lowest BCUT2D eigenvalue weighted by atomic mass is 10.1. The third-order valence-electron chi connectivity index (χ3n) is 2.70. The van der Waals surface area contributed by atoms with Crippen LogP contribution in [-0.2, 0) is 6.54 Å². The highest BCUT2D eigenvalue weighted by atomic mass is 35.5. The van der Waals surface area contributed by atoms with Crippen molar-refractivity contribution in [3.63, 3.8) is 0 Å². The summed E-state index contributed by atoms with van der Waals surface area (Å²) in [7, 11) is 1.61. The Morgan fingerprint density at radius 1 is 1.47 bits per heavy atom. The maximum Gasteiger partial charge on any atom is 0.188 e. The molecule has 0 saturated carbocycles. The third-order valence-corrected chi connectivity index (χ3v) is 2.93. The number of benzene rings is 1. The van der Waals surface area contributed by atoms with Gasteiger partial charge in [-0.3, -0.25) is 0 Å². The van der Waals surface area contributed by atoms with Gasteiger partial charge >= 0.3 is 0 Å². The van der Waals surface area contributed by atoms with E-state index in [2.05, 4.69) is 24.2 Å². The van der Waals surface area contributed by atoms with E-state index in [1.807, 2.05) is 12.1 Å². The quantitative estimate of drug-likeness (QED) is 0.623. The van der Waals surface area contributed by atoms with Gasteiger partial charge in [0.2, 0.25) is 0 Å². The van der Waals surface area contributed by atoms with Crippen LogP contribution >= 0.6 is 11.6 Å². The molecule has 0 fully saturated rings. The Balaban J connectivity index is 2.55. The zero-order valence-corrected chi connectivity index (χ0v) is 12.5. The maximum atomic E-state index is 5.90. The SMILES string of the molecule is COc1cc(Cl)ccc1CN=C(N)NCCC(C)C. The number of aliphatic imine (C=N–C) groups is 1. The summed E-state index contributed by atoms with van der Waals surface area (Å²) in [4.78, 5) is 4.29. The van der Waals surface area contributed by atoms with Gasteiger partial charge in [-0.2, -0.15) is 0 Å². The second kappa shape index (κ2) is 7.89. The molecule has 106 valence electrons. The van der Waals surface area contributed by atoms with Gasteiger partial charge in [-0.1, -0.05) is 31.5 Å². The highest BCUT2D eigenvalue weighted by Crippen LogP contribution is 2.23. The van der Waals surface area contributed by atoms with Crippen LogP contribution in [0.25, 0.3) is 0 Å². The van der Waals surface area contributed by atoms with Gasteiger partial charge in [0.15, 0.2) is 5.96 Å². The molecule has 0 amide bonds. The molecule has 0 unspecified atom stereocenters. The lowest BCUT2D eigenvalue weighted by Gasteiger charge is -2.09. The lowest BCUT2D eigenvalue weighted by molar-refractivity contribution is 0.410. The standard InChI is InChI=1S/C14H22ClN3O/c1-10(2)6-7-17-14(16)18-9-11-4-5-12(15)8-13(11)19-3/h4-5,8,10H,6-7,9H2,1-3H3,(H3,16,17,18). The zero-order valence-electron chi connectivity index (χ0n) is 11.7. The van der Waals surface area contributed by atoms with Crippen molar-refractivity contribution >= 4 is 17.6 Å². The molecule has 0 radical (unpaired) electrons. The lowest BCUT2D eigenvalue weighted by Crippen LogP contribution is -2.32. The number of guanidine groups is 1. The van der Waals surface area contributed by atoms with E-state index in [0.717, 1.165) is 24.3 Å². The maximum absolute atomic E-state index is 5.90. The van der Waals surface area contributed by atoms with Crippen LogP contribution in [-0.4, -0.2) is 19.6 Å². The molecule has 5 heteroatoms. The van der Waals surface area contributed by atoms with E-state index in [1.165, 1.54) is 0 Å². The molecule has 0 atom stereocenters. The Bertz CT molecular complexity index is 433. The average Bonchev–Trinajstić information content (AvgIpc) is 2.36. The number of nitrogens with zero attached hydrogens (tertiary/aromatic N) is 1. The van der Waals surface area contributed by atoms with E-state index < -0.39 is 0 Å². The molecule has 1 aromatic carbocycles. The van der Waals surface area contributed by atoms with E-state index in [9.17, 15) is 0 Å². The van der Waals surface area contributed by atoms with E-state index in [1.54, 1.807) is 13.2 Å². The Morgan fingerprint density at radius 3 is 2.84 bits per heavy atom. The molecule has 19 heavy (non-hydrogen) atoms. The molecule has 0 spiro atoms. The predicted molar refractivity (Wildman–Crippen MR) is 80.8 cm³/mol. The van der Waals surface area contributed by atoms with Gasteiger partial charge in [0.25, 0.3) is 0 Å². The van der Waals surface area contributed by atoms with Crippen LogP contribution in [0.4, 0.5) is 0 Å². The minimum atomic E-state index is 0.456. The fraction of sp³-hybridized carbons (Fsp3) is 0.500. The smallest absolute Gasteiger partial charge is 0.188 e. The van der Waals surface area contributed by atoms with Crippen LogP contribution < -0.4 is 15.8 Å². The van der Waals surface area contributed by atoms with E-state index in [4.69, 9.17) is 22.1 Å². The summed E-state index contributed by atoms with van der Waals surface area (Å²) >= 11 is 5.90. The first-order chi connectivity index (χ1) is 9.02. The van der Waals surface area contributed by atoms with Crippen LogP contribution in [0.15, 0.2) is 23.2 Å². The van der Waals surface area contributed by atoms with Gasteiger partial charge < -0.3 is 15.8 Å². The summed E-state index contributed by atoms with van der Waals surface area (Å²) < 4.78 is 5.26. The molecule has 4 nitrogen and oxygen atoms in total. The summed E-state index contributed by atoms with van der Waals surface area (Å²) in [6.07, 6.45) is 1.07. The fourth-order valence-electron chi connectivity index (χ4n) is 1.56. The Labute approximate surface area is 120 Å². The van der Waals surface area contributed by atoms with E-state index >= 15 is 0 Å². The van der Waals surface area contributed by atoms with Crippen molar-refractivity contribution in [3.05, 3.63) is 28.8 Å². The highest BCUT2D eigenvalue weighted by molar-refractivity contribution is 6.30. The molecular formula is C14H22ClN3O. The molecule has 0 aromatic heterocycles. The number of nitrogens with two attached hydrogens (primary N) is 1. The molecule has 1 rings (SSSR count). The van der Waals surface area contributed by atoms with Crippen LogP contribution in [0.3, 0.4) is 0 Å². The molecule has 0 saturated heterocycles. The second-order valence-corrected chi connectivity index (χ2v) is 5.20. The Kier molecular flexibility index (Phi) is 6.50. The number of nitrogens with one attached hydrogen (secondary N) is 1. The Hall–Kier alpha value is -1.42. The van der Waals surface area contributed by atoms with Crippen molar-refractivity contribution in [1.82, 2.24) is 5.32 Å². The van der Waals surface area contributed by atoms with Gasteiger partial charge in [0, 0.05) is 17.1 Å². The van der Waals surface area contributed by atoms with Crippen molar-refractivity contribution in [3.8, 4) is 5.75 Å². The monoisotopic (exact) mass is 283 g/mol. The minimum absolute atomic E-state index is 0.456. The number of halogens is 1. The third kappa shape index (κ3) is 5.83.